The highest BCUT2D eigenvalue weighted by Crippen LogP contribution is 2.36. The van der Waals surface area contributed by atoms with Gasteiger partial charge in [0.1, 0.15) is 6.04 Å². The zero-order valence-corrected chi connectivity index (χ0v) is 15.1. The topological polar surface area (TPSA) is 47.6 Å². The van der Waals surface area contributed by atoms with Crippen LogP contribution in [0.5, 0.6) is 0 Å². The van der Waals surface area contributed by atoms with E-state index in [2.05, 4.69) is 11.9 Å². The minimum atomic E-state index is -2.65. The molecular weight excluding hydrogens is 328 g/mol. The largest absolute Gasteiger partial charge is 0.479 e. The third-order valence-electron chi connectivity index (χ3n) is 4.24. The van der Waals surface area contributed by atoms with Gasteiger partial charge in [0, 0.05) is 12.8 Å². The molecule has 1 aliphatic carbocycles. The zero-order chi connectivity index (χ0) is 18.7. The Balaban J connectivity index is 2.55. The zero-order valence-electron chi connectivity index (χ0n) is 15.1. The van der Waals surface area contributed by atoms with Crippen molar-refractivity contribution in [2.45, 2.75) is 57.4 Å². The Morgan fingerprint density at radius 1 is 1.36 bits per heavy atom. The Morgan fingerprint density at radius 2 is 2.12 bits per heavy atom. The molecule has 1 saturated carbocycles. The lowest BCUT2D eigenvalue weighted by Gasteiger charge is -2.26. The summed E-state index contributed by atoms with van der Waals surface area (Å²) in [7, 11) is 1.29. The summed E-state index contributed by atoms with van der Waals surface area (Å²) in [5.41, 5.74) is 0. The molecule has 6 heteroatoms. The first-order valence-electron chi connectivity index (χ1n) is 8.71. The van der Waals surface area contributed by atoms with Gasteiger partial charge in [-0.25, -0.2) is 13.6 Å². The summed E-state index contributed by atoms with van der Waals surface area (Å²) in [6.45, 7) is 6.11. The summed E-state index contributed by atoms with van der Waals surface area (Å²) in [5.74, 6) is -3.10. The van der Waals surface area contributed by atoms with E-state index in [1.807, 2.05) is 31.2 Å². The van der Waals surface area contributed by atoms with E-state index in [1.165, 1.54) is 7.11 Å². The van der Waals surface area contributed by atoms with Crippen LogP contribution in [0.2, 0.25) is 0 Å². The van der Waals surface area contributed by atoms with Crippen LogP contribution in [0.3, 0.4) is 0 Å². The van der Waals surface area contributed by atoms with E-state index in [0.29, 0.717) is 25.9 Å². The molecule has 1 rings (SSSR count). The minimum absolute atomic E-state index is 0.132. The lowest BCUT2D eigenvalue weighted by atomic mass is 9.91. The fourth-order valence-electron chi connectivity index (χ4n) is 2.87. The maximum Gasteiger partial charge on any atom is 0.328 e. The fourth-order valence-corrected chi connectivity index (χ4v) is 2.87. The van der Waals surface area contributed by atoms with Crippen LogP contribution in [0, 0.1) is 5.92 Å². The Bertz CT molecular complexity index is 489. The van der Waals surface area contributed by atoms with Crippen LogP contribution in [0.4, 0.5) is 8.78 Å². The predicted octanol–water partition coefficient (Wildman–Crippen LogP) is 4.34. The molecule has 1 fully saturated rings. The standard InChI is InChI=1S/C19H29F2NO3/c1-4-5-6-7-8-14-25-15(2)22-17(18(23)24-3)16-10-9-12-19(20,21)13-11-16/h4-7,16-17,22H,2,8-14H2,1,3H3/b5-4-,7-6-/t16?,17-/m0/s1. The maximum absolute atomic E-state index is 13.6. The van der Waals surface area contributed by atoms with Crippen LogP contribution < -0.4 is 5.32 Å². The second-order valence-corrected chi connectivity index (χ2v) is 6.21. The molecule has 25 heavy (non-hydrogen) atoms. The van der Waals surface area contributed by atoms with E-state index in [1.54, 1.807) is 0 Å². The normalized spacial score (nSPS) is 21.7. The van der Waals surface area contributed by atoms with Crippen LogP contribution in [0.25, 0.3) is 0 Å². The molecule has 142 valence electrons. The number of ether oxygens (including phenoxy) is 2. The van der Waals surface area contributed by atoms with Gasteiger partial charge in [0.2, 0.25) is 5.92 Å². The van der Waals surface area contributed by atoms with Gasteiger partial charge in [-0.15, -0.1) is 0 Å². The van der Waals surface area contributed by atoms with E-state index in [0.717, 1.165) is 0 Å². The second kappa shape index (κ2) is 10.9. The van der Waals surface area contributed by atoms with Gasteiger partial charge in [-0.05, 0) is 45.1 Å². The highest BCUT2D eigenvalue weighted by molar-refractivity contribution is 5.76. The molecule has 4 nitrogen and oxygen atoms in total. The monoisotopic (exact) mass is 357 g/mol. The Morgan fingerprint density at radius 3 is 2.80 bits per heavy atom. The molecule has 0 heterocycles. The van der Waals surface area contributed by atoms with Crippen molar-refractivity contribution >= 4 is 5.97 Å². The number of carbonyl (C=O) groups excluding carboxylic acids is 1. The van der Waals surface area contributed by atoms with Crippen molar-refractivity contribution in [3.05, 3.63) is 36.8 Å². The van der Waals surface area contributed by atoms with E-state index < -0.39 is 17.9 Å². The highest BCUT2D eigenvalue weighted by Gasteiger charge is 2.37. The number of allylic oxidation sites excluding steroid dienone is 3. The molecule has 1 aliphatic rings. The third kappa shape index (κ3) is 8.18. The minimum Gasteiger partial charge on any atom is -0.479 e. The van der Waals surface area contributed by atoms with Gasteiger partial charge in [-0.1, -0.05) is 24.3 Å². The lowest BCUT2D eigenvalue weighted by Crippen LogP contribution is -2.43. The van der Waals surface area contributed by atoms with Gasteiger partial charge in [0.15, 0.2) is 5.88 Å². The van der Waals surface area contributed by atoms with Gasteiger partial charge in [-0.2, -0.15) is 0 Å². The molecule has 0 aromatic carbocycles. The number of nitrogens with one attached hydrogen (secondary N) is 1. The van der Waals surface area contributed by atoms with Crippen LogP contribution in [-0.4, -0.2) is 31.7 Å². The summed E-state index contributed by atoms with van der Waals surface area (Å²) in [6, 6.07) is -0.718. The first-order chi connectivity index (χ1) is 11.9. The summed E-state index contributed by atoms with van der Waals surface area (Å²) in [5, 5.41) is 2.92. The van der Waals surface area contributed by atoms with Gasteiger partial charge in [0.25, 0.3) is 0 Å². The van der Waals surface area contributed by atoms with E-state index in [4.69, 9.17) is 9.47 Å². The lowest BCUT2D eigenvalue weighted by molar-refractivity contribution is -0.145. The van der Waals surface area contributed by atoms with E-state index in [9.17, 15) is 13.6 Å². The number of hydrogen-bond donors (Lipinski definition) is 1. The van der Waals surface area contributed by atoms with Crippen molar-refractivity contribution in [1.82, 2.24) is 5.32 Å². The SMILES string of the molecule is C=C(N[C@H](C(=O)OC)C1CCCC(F)(F)CC1)OCC/C=C\C=C/C. The van der Waals surface area contributed by atoms with Crippen molar-refractivity contribution in [1.29, 1.82) is 0 Å². The molecular formula is C19H29F2NO3. The third-order valence-corrected chi connectivity index (χ3v) is 4.24. The van der Waals surface area contributed by atoms with E-state index >= 15 is 0 Å². The second-order valence-electron chi connectivity index (χ2n) is 6.21. The first-order valence-corrected chi connectivity index (χ1v) is 8.71. The summed E-state index contributed by atoms with van der Waals surface area (Å²) < 4.78 is 37.4. The molecule has 0 spiro atoms. The molecule has 0 aliphatic heterocycles. The van der Waals surface area contributed by atoms with Gasteiger partial charge < -0.3 is 14.8 Å². The summed E-state index contributed by atoms with van der Waals surface area (Å²) >= 11 is 0. The van der Waals surface area contributed by atoms with Crippen molar-refractivity contribution < 1.29 is 23.0 Å². The van der Waals surface area contributed by atoms with Gasteiger partial charge in [-0.3, -0.25) is 0 Å². The number of halogens is 2. The number of esters is 1. The molecule has 0 bridgehead atoms. The smallest absolute Gasteiger partial charge is 0.328 e. The molecule has 0 aromatic heterocycles. The van der Waals surface area contributed by atoms with Crippen molar-refractivity contribution in [3.63, 3.8) is 0 Å². The van der Waals surface area contributed by atoms with Crippen LogP contribution >= 0.6 is 0 Å². The summed E-state index contributed by atoms with van der Waals surface area (Å²) in [4.78, 5) is 12.1. The average Bonchev–Trinajstić information content (AvgIpc) is 2.75. The van der Waals surface area contributed by atoms with Crippen molar-refractivity contribution in [2.24, 2.45) is 5.92 Å². The van der Waals surface area contributed by atoms with Crippen molar-refractivity contribution in [2.75, 3.05) is 13.7 Å². The van der Waals surface area contributed by atoms with Crippen LogP contribution in [-0.2, 0) is 14.3 Å². The van der Waals surface area contributed by atoms with Gasteiger partial charge >= 0.3 is 5.97 Å². The summed E-state index contributed by atoms with van der Waals surface area (Å²) in [6.07, 6.45) is 9.27. The quantitative estimate of drug-likeness (QED) is 0.219. The molecule has 1 unspecified atom stereocenters. The first kappa shape index (κ1) is 21.2. The Labute approximate surface area is 149 Å². The maximum atomic E-state index is 13.6. The number of carbonyl (C=O) groups is 1. The molecule has 0 saturated heterocycles. The van der Waals surface area contributed by atoms with E-state index in [-0.39, 0.29) is 31.1 Å². The molecule has 1 N–H and O–H groups in total. The fraction of sp³-hybridized carbons (Fsp3) is 0.632. The Hall–Kier alpha value is -1.85. The Kier molecular flexibility index (Phi) is 9.24. The van der Waals surface area contributed by atoms with Crippen LogP contribution in [0.1, 0.15) is 45.4 Å². The number of methoxy groups -OCH3 is 1. The molecule has 0 amide bonds. The highest BCUT2D eigenvalue weighted by atomic mass is 19.3. The molecule has 2 atom stereocenters. The number of alkyl halides is 2. The predicted molar refractivity (Wildman–Crippen MR) is 94.1 cm³/mol. The number of hydrogen-bond acceptors (Lipinski definition) is 4. The molecule has 0 aromatic rings. The molecule has 0 radical (unpaired) electrons. The average molecular weight is 357 g/mol. The van der Waals surface area contributed by atoms with Gasteiger partial charge in [0.05, 0.1) is 13.7 Å². The van der Waals surface area contributed by atoms with Crippen molar-refractivity contribution in [3.8, 4) is 0 Å². The number of rotatable bonds is 9. The van der Waals surface area contributed by atoms with Crippen LogP contribution in [0.15, 0.2) is 36.8 Å².